The second-order valence-electron chi connectivity index (χ2n) is 9.21. The zero-order valence-electron chi connectivity index (χ0n) is 20.4. The first-order valence-electron chi connectivity index (χ1n) is 12.1. The van der Waals surface area contributed by atoms with Crippen LogP contribution in [0, 0.1) is 23.5 Å². The van der Waals surface area contributed by atoms with E-state index in [1.165, 1.54) is 24.0 Å². The van der Waals surface area contributed by atoms with Gasteiger partial charge in [-0.25, -0.2) is 8.78 Å². The Labute approximate surface area is 223 Å². The van der Waals surface area contributed by atoms with Gasteiger partial charge in [0, 0.05) is 40.9 Å². The Balaban J connectivity index is 1.36. The molecule has 3 atom stereocenters. The Morgan fingerprint density at radius 1 is 1.30 bits per heavy atom. The minimum Gasteiger partial charge on any atom is -0.497 e. The second kappa shape index (κ2) is 12.4. The van der Waals surface area contributed by atoms with Gasteiger partial charge in [0.1, 0.15) is 17.4 Å². The van der Waals surface area contributed by atoms with E-state index in [4.69, 9.17) is 16.3 Å². The molecule has 1 unspecified atom stereocenters. The molecule has 2 aromatic carbocycles. The number of piperidine rings is 1. The van der Waals surface area contributed by atoms with Crippen molar-refractivity contribution in [1.82, 2.24) is 9.88 Å². The van der Waals surface area contributed by atoms with Crippen molar-refractivity contribution in [2.45, 2.75) is 30.3 Å². The lowest BCUT2D eigenvalue weighted by molar-refractivity contribution is -0.146. The minimum atomic E-state index is -0.879. The SMILES string of the molecule is COc1ccc2ncc(Cl)c(C(O)CC[C@@H]3CCN(CCSc4cc(F)ccc4F)C[C@@H]3C(=O)O)c2c1. The molecule has 1 fully saturated rings. The molecule has 37 heavy (non-hydrogen) atoms. The van der Waals surface area contributed by atoms with Crippen LogP contribution in [-0.4, -0.2) is 58.6 Å². The molecule has 198 valence electrons. The fourth-order valence-corrected chi connectivity index (χ4v) is 6.17. The smallest absolute Gasteiger partial charge is 0.308 e. The summed E-state index contributed by atoms with van der Waals surface area (Å²) in [5.41, 5.74) is 1.25. The van der Waals surface area contributed by atoms with Gasteiger partial charge in [-0.1, -0.05) is 11.6 Å². The predicted octanol–water partition coefficient (Wildman–Crippen LogP) is 5.80. The fraction of sp³-hybridized carbons (Fsp3) is 0.407. The summed E-state index contributed by atoms with van der Waals surface area (Å²) in [5, 5.41) is 22.0. The minimum absolute atomic E-state index is 0.0990. The highest BCUT2D eigenvalue weighted by molar-refractivity contribution is 7.99. The number of aliphatic hydroxyl groups excluding tert-OH is 1. The first kappa shape index (κ1) is 27.6. The van der Waals surface area contributed by atoms with E-state index < -0.39 is 29.6 Å². The summed E-state index contributed by atoms with van der Waals surface area (Å²) in [7, 11) is 1.56. The number of thioether (sulfide) groups is 1. The van der Waals surface area contributed by atoms with Gasteiger partial charge >= 0.3 is 5.97 Å². The first-order valence-corrected chi connectivity index (χ1v) is 13.5. The van der Waals surface area contributed by atoms with E-state index >= 15 is 0 Å². The van der Waals surface area contributed by atoms with E-state index in [1.807, 2.05) is 0 Å². The molecule has 1 aliphatic rings. The lowest BCUT2D eigenvalue weighted by Crippen LogP contribution is -2.44. The lowest BCUT2D eigenvalue weighted by Gasteiger charge is -2.37. The van der Waals surface area contributed by atoms with Gasteiger partial charge in [-0.05, 0) is 68.1 Å². The van der Waals surface area contributed by atoms with Crippen molar-refractivity contribution in [3.8, 4) is 5.75 Å². The van der Waals surface area contributed by atoms with Crippen molar-refractivity contribution in [1.29, 1.82) is 0 Å². The molecule has 10 heteroatoms. The van der Waals surface area contributed by atoms with Crippen molar-refractivity contribution < 1.29 is 28.5 Å². The van der Waals surface area contributed by atoms with E-state index in [1.54, 1.807) is 25.3 Å². The molecule has 1 saturated heterocycles. The van der Waals surface area contributed by atoms with E-state index in [-0.39, 0.29) is 10.8 Å². The van der Waals surface area contributed by atoms with Gasteiger partial charge in [-0.15, -0.1) is 11.8 Å². The number of carboxylic acid groups (broad SMARTS) is 1. The third-order valence-corrected chi connectivity index (χ3v) is 8.24. The summed E-state index contributed by atoms with van der Waals surface area (Å²) in [6.07, 6.45) is 2.19. The molecule has 4 rings (SSSR count). The quantitative estimate of drug-likeness (QED) is 0.308. The van der Waals surface area contributed by atoms with Crippen molar-refractivity contribution in [2.75, 3.05) is 32.5 Å². The Bertz CT molecular complexity index is 1260. The maximum Gasteiger partial charge on any atom is 0.308 e. The van der Waals surface area contributed by atoms with Gasteiger partial charge in [0.2, 0.25) is 0 Å². The Kier molecular flexibility index (Phi) is 9.23. The highest BCUT2D eigenvalue weighted by atomic mass is 35.5. The van der Waals surface area contributed by atoms with Crippen LogP contribution in [0.3, 0.4) is 0 Å². The number of aliphatic carboxylic acids is 1. The number of rotatable bonds is 10. The van der Waals surface area contributed by atoms with Gasteiger partial charge in [0.25, 0.3) is 0 Å². The van der Waals surface area contributed by atoms with Crippen molar-refractivity contribution in [3.63, 3.8) is 0 Å². The summed E-state index contributed by atoms with van der Waals surface area (Å²) >= 11 is 7.63. The van der Waals surface area contributed by atoms with Crippen LogP contribution in [0.25, 0.3) is 10.9 Å². The Hall–Kier alpha value is -2.46. The predicted molar refractivity (Wildman–Crippen MR) is 140 cm³/mol. The van der Waals surface area contributed by atoms with Crippen LogP contribution < -0.4 is 4.74 Å². The number of hydrogen-bond acceptors (Lipinski definition) is 6. The number of carbonyl (C=O) groups is 1. The molecule has 0 radical (unpaired) electrons. The molecule has 2 N–H and O–H groups in total. The lowest BCUT2D eigenvalue weighted by atomic mass is 9.81. The summed E-state index contributed by atoms with van der Waals surface area (Å²) in [6.45, 7) is 1.64. The van der Waals surface area contributed by atoms with E-state index in [0.717, 1.165) is 12.1 Å². The normalized spacial score (nSPS) is 19.2. The van der Waals surface area contributed by atoms with Crippen LogP contribution in [0.15, 0.2) is 47.5 Å². The van der Waals surface area contributed by atoms with Gasteiger partial charge in [0.05, 0.1) is 29.7 Å². The standard InChI is InChI=1S/C27H29ClF2N2O4S/c1-36-18-4-6-23-19(13-18)26(21(28)14-31-23)24(33)7-2-16-8-9-32(15-20(16)27(34)35)10-11-37-25-12-17(29)3-5-22(25)30/h3-6,12-14,16,20,24,33H,2,7-11,15H2,1H3,(H,34,35)/t16-,20+,24?/m1/s1. The van der Waals surface area contributed by atoms with Crippen LogP contribution in [0.4, 0.5) is 8.78 Å². The average molecular weight is 551 g/mol. The van der Waals surface area contributed by atoms with E-state index in [2.05, 4.69) is 9.88 Å². The largest absolute Gasteiger partial charge is 0.497 e. The zero-order valence-corrected chi connectivity index (χ0v) is 21.9. The zero-order chi connectivity index (χ0) is 26.5. The molecule has 0 bridgehead atoms. The molecule has 3 aromatic rings. The maximum atomic E-state index is 13.9. The molecular formula is C27H29ClF2N2O4S. The number of nitrogens with zero attached hydrogens (tertiary/aromatic N) is 2. The molecular weight excluding hydrogens is 522 g/mol. The molecule has 0 aliphatic carbocycles. The number of hydrogen-bond donors (Lipinski definition) is 2. The Morgan fingerprint density at radius 2 is 2.11 bits per heavy atom. The van der Waals surface area contributed by atoms with E-state index in [0.29, 0.717) is 71.9 Å². The molecule has 1 aliphatic heterocycles. The van der Waals surface area contributed by atoms with Crippen LogP contribution in [-0.2, 0) is 4.79 Å². The van der Waals surface area contributed by atoms with Crippen LogP contribution >= 0.6 is 23.4 Å². The van der Waals surface area contributed by atoms with E-state index in [9.17, 15) is 23.8 Å². The van der Waals surface area contributed by atoms with Crippen LogP contribution in [0.5, 0.6) is 5.75 Å². The third-order valence-electron chi connectivity index (χ3n) is 6.93. The number of carboxylic acids is 1. The molecule has 0 amide bonds. The summed E-state index contributed by atoms with van der Waals surface area (Å²) in [4.78, 5) is 18.7. The summed E-state index contributed by atoms with van der Waals surface area (Å²) in [6, 6.07) is 8.75. The maximum absolute atomic E-state index is 13.9. The molecule has 0 saturated carbocycles. The number of likely N-dealkylation sites (tertiary alicyclic amines) is 1. The number of aliphatic hydroxyl groups is 1. The summed E-state index contributed by atoms with van der Waals surface area (Å²) in [5.74, 6) is -1.36. The highest BCUT2D eigenvalue weighted by Gasteiger charge is 2.34. The average Bonchev–Trinajstić information content (AvgIpc) is 2.89. The van der Waals surface area contributed by atoms with Crippen molar-refractivity contribution in [2.24, 2.45) is 11.8 Å². The monoisotopic (exact) mass is 550 g/mol. The van der Waals surface area contributed by atoms with Gasteiger partial charge in [-0.2, -0.15) is 0 Å². The third kappa shape index (κ3) is 6.71. The first-order chi connectivity index (χ1) is 17.8. The number of ether oxygens (including phenoxy) is 1. The van der Waals surface area contributed by atoms with Gasteiger partial charge in [0.15, 0.2) is 0 Å². The van der Waals surface area contributed by atoms with Gasteiger partial charge < -0.3 is 19.8 Å². The molecule has 0 spiro atoms. The Morgan fingerprint density at radius 3 is 2.86 bits per heavy atom. The van der Waals surface area contributed by atoms with Crippen LogP contribution in [0.1, 0.15) is 30.9 Å². The number of aromatic nitrogens is 1. The number of methoxy groups -OCH3 is 1. The molecule has 6 nitrogen and oxygen atoms in total. The van der Waals surface area contributed by atoms with Crippen LogP contribution in [0.2, 0.25) is 5.02 Å². The topological polar surface area (TPSA) is 82.9 Å². The number of benzene rings is 2. The van der Waals surface area contributed by atoms with Crippen molar-refractivity contribution in [3.05, 3.63) is 64.8 Å². The summed E-state index contributed by atoms with van der Waals surface area (Å²) < 4.78 is 32.6. The van der Waals surface area contributed by atoms with Gasteiger partial charge in [-0.3, -0.25) is 9.78 Å². The fourth-order valence-electron chi connectivity index (χ4n) is 4.92. The van der Waals surface area contributed by atoms with Crippen molar-refractivity contribution >= 4 is 40.2 Å². The highest BCUT2D eigenvalue weighted by Crippen LogP contribution is 2.37. The number of fused-ring (bicyclic) bond motifs is 1. The molecule has 1 aromatic heterocycles. The number of pyridine rings is 1. The molecule has 2 heterocycles. The number of halogens is 3. The second-order valence-corrected chi connectivity index (χ2v) is 10.8.